The number of anilines is 1. The molecule has 0 aliphatic carbocycles. The van der Waals surface area contributed by atoms with Crippen LogP contribution >= 0.6 is 11.8 Å². The molecule has 0 bridgehead atoms. The molecule has 2 atom stereocenters. The molecule has 2 unspecified atom stereocenters. The Labute approximate surface area is 234 Å². The lowest BCUT2D eigenvalue weighted by atomic mass is 9.97. The van der Waals surface area contributed by atoms with E-state index in [2.05, 4.69) is 16.6 Å². The molecule has 0 aliphatic heterocycles. The van der Waals surface area contributed by atoms with Gasteiger partial charge in [0.25, 0.3) is 5.91 Å². The third-order valence-corrected chi connectivity index (χ3v) is 6.20. The molecule has 0 aliphatic rings. The molecule has 3 amide bonds. The van der Waals surface area contributed by atoms with Gasteiger partial charge in [0.15, 0.2) is 0 Å². The van der Waals surface area contributed by atoms with E-state index in [0.717, 1.165) is 0 Å². The zero-order valence-corrected chi connectivity index (χ0v) is 23.8. The molecule has 210 valence electrons. The minimum Gasteiger partial charge on any atom is -0.497 e. The molecule has 0 fully saturated rings. The smallest absolute Gasteiger partial charge is 0.408 e. The highest BCUT2D eigenvalue weighted by Gasteiger charge is 2.37. The number of benzene rings is 2. The number of nitrogens with one attached hydrogen (secondary N) is 2. The first kappa shape index (κ1) is 31.5. The van der Waals surface area contributed by atoms with E-state index in [9.17, 15) is 19.5 Å². The summed E-state index contributed by atoms with van der Waals surface area (Å²) in [5.41, 5.74) is 0.540. The second kappa shape index (κ2) is 15.0. The zero-order valence-electron chi connectivity index (χ0n) is 23.0. The average molecular weight is 556 g/mol. The number of ether oxygens (including phenoxy) is 2. The number of terminal acetylenes is 1. The van der Waals surface area contributed by atoms with Crippen LogP contribution in [0.2, 0.25) is 0 Å². The van der Waals surface area contributed by atoms with E-state index in [1.807, 2.05) is 6.26 Å². The maximum absolute atomic E-state index is 14.0. The van der Waals surface area contributed by atoms with E-state index in [1.54, 1.807) is 69.3 Å². The molecule has 0 aromatic heterocycles. The summed E-state index contributed by atoms with van der Waals surface area (Å²) in [5.74, 6) is 2.66. The first-order chi connectivity index (χ1) is 18.5. The third kappa shape index (κ3) is 9.53. The Balaban J connectivity index is 2.52. The van der Waals surface area contributed by atoms with Crippen LogP contribution in [0.25, 0.3) is 0 Å². The maximum atomic E-state index is 14.0. The summed E-state index contributed by atoms with van der Waals surface area (Å²) < 4.78 is 10.6. The van der Waals surface area contributed by atoms with Crippen LogP contribution in [-0.2, 0) is 14.3 Å². The number of carbonyl (C=O) groups excluding carboxylic acids is 3. The Kier molecular flexibility index (Phi) is 12.2. The molecule has 2 rings (SSSR count). The highest BCUT2D eigenvalue weighted by Crippen LogP contribution is 2.28. The SMILES string of the molecule is C#Cc1ccccc1C(C(=O)Nc1ccc(OC)cc1)N(CCO)C(=O)C(CCSC)NC(=O)OC(C)(C)C. The lowest BCUT2D eigenvalue weighted by molar-refractivity contribution is -0.141. The molecule has 0 radical (unpaired) electrons. The Morgan fingerprint density at radius 3 is 2.36 bits per heavy atom. The molecule has 39 heavy (non-hydrogen) atoms. The van der Waals surface area contributed by atoms with Crippen LogP contribution in [0.3, 0.4) is 0 Å². The molecule has 2 aromatic rings. The number of nitrogens with zero attached hydrogens (tertiary/aromatic N) is 1. The summed E-state index contributed by atoms with van der Waals surface area (Å²) in [7, 11) is 1.54. The van der Waals surface area contributed by atoms with Crippen molar-refractivity contribution in [2.24, 2.45) is 0 Å². The summed E-state index contributed by atoms with van der Waals surface area (Å²) in [6.07, 6.45) is 7.16. The lowest BCUT2D eigenvalue weighted by Crippen LogP contribution is -2.53. The van der Waals surface area contributed by atoms with E-state index in [-0.39, 0.29) is 13.0 Å². The van der Waals surface area contributed by atoms with Crippen molar-refractivity contribution in [2.45, 2.75) is 44.9 Å². The monoisotopic (exact) mass is 555 g/mol. The number of amides is 3. The molecular weight excluding hydrogens is 518 g/mol. The maximum Gasteiger partial charge on any atom is 0.408 e. The van der Waals surface area contributed by atoms with E-state index in [4.69, 9.17) is 15.9 Å². The number of thioether (sulfide) groups is 1. The van der Waals surface area contributed by atoms with Gasteiger partial charge in [-0.3, -0.25) is 9.59 Å². The summed E-state index contributed by atoms with van der Waals surface area (Å²) in [4.78, 5) is 41.6. The Bertz CT molecular complexity index is 1160. The quantitative estimate of drug-likeness (QED) is 0.341. The van der Waals surface area contributed by atoms with Crippen LogP contribution in [0.1, 0.15) is 44.4 Å². The number of aliphatic hydroxyl groups excluding tert-OH is 1. The predicted octanol–water partition coefficient (Wildman–Crippen LogP) is 3.82. The van der Waals surface area contributed by atoms with Crippen molar-refractivity contribution in [2.75, 3.05) is 37.6 Å². The van der Waals surface area contributed by atoms with Gasteiger partial charge in [-0.2, -0.15) is 11.8 Å². The predicted molar refractivity (Wildman–Crippen MR) is 154 cm³/mol. The minimum atomic E-state index is -1.20. The molecule has 10 heteroatoms. The molecule has 0 saturated heterocycles. The summed E-state index contributed by atoms with van der Waals surface area (Å²) >= 11 is 1.51. The number of hydrogen-bond donors (Lipinski definition) is 3. The van der Waals surface area contributed by atoms with Gasteiger partial charge >= 0.3 is 6.09 Å². The summed E-state index contributed by atoms with van der Waals surface area (Å²) in [6.45, 7) is 4.57. The molecule has 0 heterocycles. The van der Waals surface area contributed by atoms with Crippen LogP contribution in [0.15, 0.2) is 48.5 Å². The molecule has 3 N–H and O–H groups in total. The van der Waals surface area contributed by atoms with Crippen LogP contribution in [0.5, 0.6) is 5.75 Å². The summed E-state index contributed by atoms with van der Waals surface area (Å²) in [5, 5.41) is 15.4. The van der Waals surface area contributed by atoms with Gasteiger partial charge in [0.2, 0.25) is 5.91 Å². The van der Waals surface area contributed by atoms with Gasteiger partial charge in [-0.05, 0) is 75.1 Å². The lowest BCUT2D eigenvalue weighted by Gasteiger charge is -2.34. The second-order valence-electron chi connectivity index (χ2n) is 9.59. The minimum absolute atomic E-state index is 0.176. The molecule has 2 aromatic carbocycles. The van der Waals surface area contributed by atoms with Crippen molar-refractivity contribution in [3.8, 4) is 18.1 Å². The molecule has 0 spiro atoms. The Morgan fingerprint density at radius 1 is 1.13 bits per heavy atom. The van der Waals surface area contributed by atoms with Crippen molar-refractivity contribution in [3.63, 3.8) is 0 Å². The highest BCUT2D eigenvalue weighted by molar-refractivity contribution is 7.98. The number of hydrogen-bond acceptors (Lipinski definition) is 7. The topological polar surface area (TPSA) is 117 Å². The fourth-order valence-corrected chi connectivity index (χ4v) is 4.29. The molecular formula is C29H37N3O6S. The van der Waals surface area contributed by atoms with Gasteiger partial charge in [0.1, 0.15) is 23.4 Å². The van der Waals surface area contributed by atoms with E-state index >= 15 is 0 Å². The molecule has 0 saturated carbocycles. The number of carbonyl (C=O) groups is 3. The van der Waals surface area contributed by atoms with Crippen molar-refractivity contribution >= 4 is 35.4 Å². The number of aliphatic hydroxyl groups is 1. The first-order valence-electron chi connectivity index (χ1n) is 12.4. The highest BCUT2D eigenvalue weighted by atomic mass is 32.2. The first-order valence-corrected chi connectivity index (χ1v) is 13.8. The van der Waals surface area contributed by atoms with Crippen molar-refractivity contribution in [1.82, 2.24) is 10.2 Å². The van der Waals surface area contributed by atoms with E-state index in [0.29, 0.717) is 28.3 Å². The largest absolute Gasteiger partial charge is 0.497 e. The van der Waals surface area contributed by atoms with Crippen LogP contribution in [-0.4, -0.2) is 71.8 Å². The standard InChI is InChI=1S/C29H37N3O6S/c1-7-20-10-8-9-11-23(20)25(26(34)30-21-12-14-22(37-5)15-13-21)32(17-18-33)27(35)24(16-19-39-6)31-28(36)38-29(2,3)4/h1,8-15,24-25,33H,16-19H2,2-6H3,(H,30,34)(H,31,36). The van der Waals surface area contributed by atoms with Gasteiger partial charge < -0.3 is 30.1 Å². The van der Waals surface area contributed by atoms with Gasteiger partial charge in [-0.1, -0.05) is 24.1 Å². The van der Waals surface area contributed by atoms with Crippen LogP contribution in [0.4, 0.5) is 10.5 Å². The third-order valence-electron chi connectivity index (χ3n) is 5.55. The Morgan fingerprint density at radius 2 is 1.79 bits per heavy atom. The zero-order chi connectivity index (χ0) is 29.0. The van der Waals surface area contributed by atoms with Gasteiger partial charge in [0.05, 0.1) is 13.7 Å². The normalized spacial score (nSPS) is 12.4. The van der Waals surface area contributed by atoms with Gasteiger partial charge in [-0.25, -0.2) is 4.79 Å². The van der Waals surface area contributed by atoms with Gasteiger partial charge in [0, 0.05) is 17.8 Å². The Hall–Kier alpha value is -3.68. The molecule has 9 nitrogen and oxygen atoms in total. The fourth-order valence-electron chi connectivity index (χ4n) is 3.82. The van der Waals surface area contributed by atoms with Crippen LogP contribution in [0, 0.1) is 12.3 Å². The number of methoxy groups -OCH3 is 1. The van der Waals surface area contributed by atoms with Crippen molar-refractivity contribution < 1.29 is 29.0 Å². The summed E-state index contributed by atoms with van der Waals surface area (Å²) in [6, 6.07) is 11.3. The number of alkyl carbamates (subject to hydrolysis) is 1. The van der Waals surface area contributed by atoms with Gasteiger partial charge in [-0.15, -0.1) is 6.42 Å². The van der Waals surface area contributed by atoms with E-state index in [1.165, 1.54) is 23.8 Å². The van der Waals surface area contributed by atoms with E-state index < -0.39 is 42.2 Å². The fraction of sp³-hybridized carbons (Fsp3) is 0.414. The van der Waals surface area contributed by atoms with Crippen LogP contribution < -0.4 is 15.4 Å². The second-order valence-corrected chi connectivity index (χ2v) is 10.6. The number of rotatable bonds is 12. The average Bonchev–Trinajstić information content (AvgIpc) is 2.90. The van der Waals surface area contributed by atoms with Crippen molar-refractivity contribution in [3.05, 3.63) is 59.7 Å². The van der Waals surface area contributed by atoms with Crippen molar-refractivity contribution in [1.29, 1.82) is 0 Å².